The maximum Gasteiger partial charge on any atom is 0.324 e. The lowest BCUT2D eigenvalue weighted by Gasteiger charge is -2.15. The van der Waals surface area contributed by atoms with E-state index in [9.17, 15) is 9.59 Å². The molecule has 0 spiro atoms. The summed E-state index contributed by atoms with van der Waals surface area (Å²) in [5.74, 6) is 0.481. The fraction of sp³-hybridized carbons (Fsp3) is 0.750. The van der Waals surface area contributed by atoms with Gasteiger partial charge in [-0.1, -0.05) is 0 Å². The maximum absolute atomic E-state index is 11.4. The number of guanidine groups is 1. The Morgan fingerprint density at radius 2 is 2.19 bits per heavy atom. The first-order valence-electron chi connectivity index (χ1n) is 6.78. The number of nitrogens with zero attached hydrogens (tertiary/aromatic N) is 2. The number of imide groups is 1. The van der Waals surface area contributed by atoms with E-state index in [2.05, 4.69) is 20.9 Å². The van der Waals surface area contributed by atoms with E-state index in [0.717, 1.165) is 13.0 Å². The molecule has 21 heavy (non-hydrogen) atoms. The van der Waals surface area contributed by atoms with Crippen LogP contribution in [0.4, 0.5) is 4.79 Å². The third-order valence-electron chi connectivity index (χ3n) is 2.69. The summed E-state index contributed by atoms with van der Waals surface area (Å²) in [5, 5.41) is 8.67. The van der Waals surface area contributed by atoms with E-state index in [1.54, 1.807) is 7.11 Å². The zero-order valence-electron chi connectivity index (χ0n) is 12.5. The molecule has 122 valence electrons. The minimum absolute atomic E-state index is 0. The molecule has 1 heterocycles. The Morgan fingerprint density at radius 3 is 2.76 bits per heavy atom. The van der Waals surface area contributed by atoms with Gasteiger partial charge in [0.05, 0.1) is 6.54 Å². The molecule has 1 aliphatic rings. The molecule has 1 aliphatic heterocycles. The predicted octanol–water partition coefficient (Wildman–Crippen LogP) is -0.252. The number of amides is 3. The van der Waals surface area contributed by atoms with Gasteiger partial charge in [0.2, 0.25) is 5.91 Å². The largest absolute Gasteiger partial charge is 0.385 e. The number of carbonyl (C=O) groups excluding carboxylic acids is 2. The van der Waals surface area contributed by atoms with E-state index in [1.165, 1.54) is 4.90 Å². The Labute approximate surface area is 142 Å². The number of carbonyl (C=O) groups is 2. The van der Waals surface area contributed by atoms with Crippen LogP contribution in [0.25, 0.3) is 0 Å². The summed E-state index contributed by atoms with van der Waals surface area (Å²) >= 11 is 0. The molecular formula is C12H24IN5O3. The summed E-state index contributed by atoms with van der Waals surface area (Å²) in [7, 11) is 1.66. The molecular weight excluding hydrogens is 389 g/mol. The van der Waals surface area contributed by atoms with Crippen molar-refractivity contribution in [3.63, 3.8) is 0 Å². The highest BCUT2D eigenvalue weighted by atomic mass is 127. The van der Waals surface area contributed by atoms with E-state index in [0.29, 0.717) is 32.2 Å². The van der Waals surface area contributed by atoms with E-state index in [-0.39, 0.29) is 42.5 Å². The molecule has 1 rings (SSSR count). The highest BCUT2D eigenvalue weighted by Gasteiger charge is 2.27. The smallest absolute Gasteiger partial charge is 0.324 e. The van der Waals surface area contributed by atoms with Crippen LogP contribution in [0, 0.1) is 0 Å². The van der Waals surface area contributed by atoms with Crippen molar-refractivity contribution in [1.29, 1.82) is 0 Å². The Morgan fingerprint density at radius 1 is 1.43 bits per heavy atom. The van der Waals surface area contributed by atoms with Gasteiger partial charge >= 0.3 is 6.03 Å². The Balaban J connectivity index is 0.00000400. The molecule has 0 aromatic rings. The molecule has 0 aromatic heterocycles. The molecule has 0 saturated carbocycles. The van der Waals surface area contributed by atoms with Crippen molar-refractivity contribution >= 4 is 41.9 Å². The van der Waals surface area contributed by atoms with Gasteiger partial charge in [0, 0.05) is 39.9 Å². The van der Waals surface area contributed by atoms with Gasteiger partial charge in [-0.3, -0.25) is 14.7 Å². The topological polar surface area (TPSA) is 95.1 Å². The van der Waals surface area contributed by atoms with Gasteiger partial charge in [-0.05, 0) is 13.3 Å². The summed E-state index contributed by atoms with van der Waals surface area (Å²) in [6.07, 6.45) is 0.847. The summed E-state index contributed by atoms with van der Waals surface area (Å²) < 4.78 is 4.96. The average molecular weight is 413 g/mol. The van der Waals surface area contributed by atoms with Crippen LogP contribution >= 0.6 is 24.0 Å². The average Bonchev–Trinajstić information content (AvgIpc) is 2.75. The fourth-order valence-electron chi connectivity index (χ4n) is 1.71. The Kier molecular flexibility index (Phi) is 10.9. The van der Waals surface area contributed by atoms with Crippen LogP contribution in [0.1, 0.15) is 13.3 Å². The summed E-state index contributed by atoms with van der Waals surface area (Å²) in [4.78, 5) is 28.3. The zero-order valence-corrected chi connectivity index (χ0v) is 14.8. The number of nitrogens with one attached hydrogen (secondary N) is 3. The van der Waals surface area contributed by atoms with Gasteiger partial charge in [-0.25, -0.2) is 4.79 Å². The van der Waals surface area contributed by atoms with Crippen LogP contribution < -0.4 is 16.0 Å². The molecule has 1 saturated heterocycles. The molecule has 3 amide bonds. The molecule has 3 N–H and O–H groups in total. The Bertz CT molecular complexity index is 349. The Hall–Kier alpha value is -1.10. The number of hydrogen-bond acceptors (Lipinski definition) is 4. The maximum atomic E-state index is 11.4. The minimum atomic E-state index is -0.334. The van der Waals surface area contributed by atoms with Crippen LogP contribution in [-0.2, 0) is 9.53 Å². The van der Waals surface area contributed by atoms with Crippen molar-refractivity contribution < 1.29 is 14.3 Å². The van der Waals surface area contributed by atoms with E-state index < -0.39 is 0 Å². The first-order valence-corrected chi connectivity index (χ1v) is 6.78. The third-order valence-corrected chi connectivity index (χ3v) is 2.69. The van der Waals surface area contributed by atoms with Crippen molar-refractivity contribution in [2.45, 2.75) is 13.3 Å². The molecule has 8 nitrogen and oxygen atoms in total. The van der Waals surface area contributed by atoms with Gasteiger partial charge in [-0.2, -0.15) is 0 Å². The summed E-state index contributed by atoms with van der Waals surface area (Å²) in [6.45, 7) is 4.94. The van der Waals surface area contributed by atoms with E-state index in [1.807, 2.05) is 6.92 Å². The molecule has 0 atom stereocenters. The van der Waals surface area contributed by atoms with Crippen LogP contribution in [0.15, 0.2) is 4.99 Å². The van der Waals surface area contributed by atoms with Crippen molar-refractivity contribution in [3.8, 4) is 0 Å². The monoisotopic (exact) mass is 413 g/mol. The first kappa shape index (κ1) is 19.9. The second kappa shape index (κ2) is 11.5. The van der Waals surface area contributed by atoms with E-state index >= 15 is 0 Å². The predicted molar refractivity (Wildman–Crippen MR) is 91.0 cm³/mol. The highest BCUT2D eigenvalue weighted by molar-refractivity contribution is 14.0. The number of aliphatic imine (C=N–C) groups is 1. The van der Waals surface area contributed by atoms with Gasteiger partial charge in [0.1, 0.15) is 0 Å². The van der Waals surface area contributed by atoms with Crippen LogP contribution in [0.5, 0.6) is 0 Å². The second-order valence-corrected chi connectivity index (χ2v) is 4.24. The summed E-state index contributed by atoms with van der Waals surface area (Å²) in [6, 6.07) is -0.334. The molecule has 0 aliphatic carbocycles. The third kappa shape index (κ3) is 7.46. The van der Waals surface area contributed by atoms with Crippen molar-refractivity contribution in [2.75, 3.05) is 46.4 Å². The van der Waals surface area contributed by atoms with Crippen LogP contribution in [0.2, 0.25) is 0 Å². The standard InChI is InChI=1S/C12H23N5O3.HI/c1-3-13-11(14-5-4-8-20-2)15-6-7-17-10(18)9-16-12(17)19;/h3-9H2,1-2H3,(H,16,19)(H2,13,14,15);1H. The van der Waals surface area contributed by atoms with Crippen LogP contribution in [-0.4, -0.2) is 69.2 Å². The fourth-order valence-corrected chi connectivity index (χ4v) is 1.71. The lowest BCUT2D eigenvalue weighted by Crippen LogP contribution is -2.43. The highest BCUT2D eigenvalue weighted by Crippen LogP contribution is 1.96. The van der Waals surface area contributed by atoms with E-state index in [4.69, 9.17) is 4.74 Å². The molecule has 0 radical (unpaired) electrons. The van der Waals surface area contributed by atoms with Crippen molar-refractivity contribution in [1.82, 2.24) is 20.9 Å². The van der Waals surface area contributed by atoms with Gasteiger partial charge in [0.15, 0.2) is 5.96 Å². The van der Waals surface area contributed by atoms with Gasteiger partial charge < -0.3 is 20.7 Å². The number of hydrogen-bond donors (Lipinski definition) is 3. The molecule has 9 heteroatoms. The lowest BCUT2D eigenvalue weighted by molar-refractivity contribution is -0.124. The molecule has 0 bridgehead atoms. The molecule has 0 aromatic carbocycles. The second-order valence-electron chi connectivity index (χ2n) is 4.24. The zero-order chi connectivity index (χ0) is 14.8. The molecule has 0 unspecified atom stereocenters. The number of halogens is 1. The number of methoxy groups -OCH3 is 1. The summed E-state index contributed by atoms with van der Waals surface area (Å²) in [5.41, 5.74) is 0. The normalized spacial score (nSPS) is 14.8. The minimum Gasteiger partial charge on any atom is -0.385 e. The van der Waals surface area contributed by atoms with Crippen molar-refractivity contribution in [2.24, 2.45) is 4.99 Å². The SMILES string of the molecule is CCNC(=NCCCOC)NCCN1C(=O)CNC1=O.I. The van der Waals surface area contributed by atoms with Crippen molar-refractivity contribution in [3.05, 3.63) is 0 Å². The lowest BCUT2D eigenvalue weighted by atomic mass is 10.4. The molecule has 1 fully saturated rings. The first-order chi connectivity index (χ1) is 9.69. The van der Waals surface area contributed by atoms with Crippen LogP contribution in [0.3, 0.4) is 0 Å². The number of rotatable bonds is 8. The quantitative estimate of drug-likeness (QED) is 0.168. The van der Waals surface area contributed by atoms with Gasteiger partial charge in [0.25, 0.3) is 0 Å². The number of ether oxygens (including phenoxy) is 1. The van der Waals surface area contributed by atoms with Gasteiger partial charge in [-0.15, -0.1) is 24.0 Å². The number of urea groups is 1.